The lowest BCUT2D eigenvalue weighted by molar-refractivity contribution is 0.0966. The van der Waals surface area contributed by atoms with Gasteiger partial charge in [0.15, 0.2) is 0 Å². The molecular formula is C26H29N3OS. The lowest BCUT2D eigenvalue weighted by atomic mass is 9.95. The summed E-state index contributed by atoms with van der Waals surface area (Å²) in [5.41, 5.74) is 3.95. The molecule has 31 heavy (non-hydrogen) atoms. The van der Waals surface area contributed by atoms with E-state index in [-0.39, 0.29) is 5.91 Å². The second-order valence-electron chi connectivity index (χ2n) is 8.81. The molecule has 1 N–H and O–H groups in total. The number of rotatable bonds is 5. The minimum absolute atomic E-state index is 0.0367. The van der Waals surface area contributed by atoms with E-state index in [0.29, 0.717) is 12.0 Å². The molecule has 0 saturated carbocycles. The Hall–Kier alpha value is -2.63. The molecule has 1 amide bonds. The van der Waals surface area contributed by atoms with Crippen LogP contribution in [0.2, 0.25) is 0 Å². The first kappa shape index (κ1) is 20.3. The third-order valence-electron chi connectivity index (χ3n) is 6.52. The van der Waals surface area contributed by atoms with Gasteiger partial charge in [0.25, 0.3) is 5.91 Å². The Morgan fingerprint density at radius 2 is 1.87 bits per heavy atom. The summed E-state index contributed by atoms with van der Waals surface area (Å²) >= 11 is 1.62. The number of carbonyl (C=O) groups excluding carboxylic acids is 1. The Kier molecular flexibility index (Phi) is 5.32. The Bertz CT molecular complexity index is 1250. The predicted molar refractivity (Wildman–Crippen MR) is 130 cm³/mol. The van der Waals surface area contributed by atoms with Crippen LogP contribution in [-0.2, 0) is 6.54 Å². The summed E-state index contributed by atoms with van der Waals surface area (Å²) in [5.74, 6) is 0.427. The van der Waals surface area contributed by atoms with Gasteiger partial charge in [0.1, 0.15) is 0 Å². The first-order valence-electron chi connectivity index (χ1n) is 11.1. The molecule has 5 heteroatoms. The minimum atomic E-state index is 0.0367. The first-order chi connectivity index (χ1) is 15.1. The number of amides is 1. The fourth-order valence-electron chi connectivity index (χ4n) is 5.04. The normalized spacial score (nSPS) is 17.2. The van der Waals surface area contributed by atoms with Crippen LogP contribution in [0.3, 0.4) is 0 Å². The summed E-state index contributed by atoms with van der Waals surface area (Å²) in [6.45, 7) is 7.48. The van der Waals surface area contributed by atoms with E-state index in [1.807, 2.05) is 0 Å². The highest BCUT2D eigenvalue weighted by Crippen LogP contribution is 2.40. The van der Waals surface area contributed by atoms with Crippen molar-refractivity contribution in [1.82, 2.24) is 14.8 Å². The van der Waals surface area contributed by atoms with Crippen LogP contribution in [0, 0.1) is 0 Å². The maximum Gasteiger partial charge on any atom is 0.261 e. The van der Waals surface area contributed by atoms with Crippen molar-refractivity contribution in [2.75, 3.05) is 20.1 Å². The third kappa shape index (κ3) is 3.56. The van der Waals surface area contributed by atoms with Crippen molar-refractivity contribution in [3.63, 3.8) is 0 Å². The van der Waals surface area contributed by atoms with E-state index in [4.69, 9.17) is 0 Å². The third-order valence-corrected chi connectivity index (χ3v) is 7.71. The number of hydrogen-bond donors (Lipinski definition) is 1. The highest BCUT2D eigenvalue weighted by Gasteiger charge is 2.30. The smallest absolute Gasteiger partial charge is 0.261 e. The number of nitrogens with one attached hydrogen (secondary N) is 1. The Labute approximate surface area is 187 Å². The molecule has 3 heterocycles. The predicted octanol–water partition coefficient (Wildman–Crippen LogP) is 5.79. The molecule has 1 aliphatic rings. The van der Waals surface area contributed by atoms with Crippen molar-refractivity contribution in [2.24, 2.45) is 0 Å². The van der Waals surface area contributed by atoms with E-state index in [1.54, 1.807) is 18.4 Å². The van der Waals surface area contributed by atoms with Crippen molar-refractivity contribution in [1.29, 1.82) is 0 Å². The minimum Gasteiger partial charge on any atom is -0.354 e. The average molecular weight is 432 g/mol. The molecule has 2 aromatic carbocycles. The van der Waals surface area contributed by atoms with Gasteiger partial charge in [-0.1, -0.05) is 36.4 Å². The number of hydrogen-bond acceptors (Lipinski definition) is 3. The Morgan fingerprint density at radius 1 is 1.13 bits per heavy atom. The molecular weight excluding hydrogens is 402 g/mol. The van der Waals surface area contributed by atoms with Gasteiger partial charge < -0.3 is 9.88 Å². The highest BCUT2D eigenvalue weighted by atomic mass is 32.1. The average Bonchev–Trinajstić information content (AvgIpc) is 3.49. The maximum absolute atomic E-state index is 12.6. The Morgan fingerprint density at radius 3 is 2.65 bits per heavy atom. The van der Waals surface area contributed by atoms with Crippen LogP contribution in [-0.4, -0.2) is 35.5 Å². The molecule has 0 radical (unpaired) electrons. The quantitative estimate of drug-likeness (QED) is 0.434. The molecule has 1 atom stereocenters. The van der Waals surface area contributed by atoms with Crippen molar-refractivity contribution in [3.8, 4) is 0 Å². The Balaban J connectivity index is 1.44. The molecule has 0 aliphatic carbocycles. The summed E-state index contributed by atoms with van der Waals surface area (Å²) < 4.78 is 3.59. The van der Waals surface area contributed by atoms with Crippen LogP contribution in [0.1, 0.15) is 53.0 Å². The van der Waals surface area contributed by atoms with Crippen LogP contribution in [0.15, 0.2) is 54.7 Å². The van der Waals surface area contributed by atoms with Crippen LogP contribution in [0.4, 0.5) is 0 Å². The van der Waals surface area contributed by atoms with E-state index in [9.17, 15) is 4.79 Å². The molecule has 1 fully saturated rings. The van der Waals surface area contributed by atoms with E-state index < -0.39 is 0 Å². The van der Waals surface area contributed by atoms with Crippen LogP contribution < -0.4 is 5.32 Å². The fraction of sp³-hybridized carbons (Fsp3) is 0.346. The number of nitrogens with zero attached hydrogens (tertiary/aromatic N) is 2. The zero-order chi connectivity index (χ0) is 21.5. The van der Waals surface area contributed by atoms with Gasteiger partial charge in [0, 0.05) is 53.9 Å². The van der Waals surface area contributed by atoms with Gasteiger partial charge >= 0.3 is 0 Å². The maximum atomic E-state index is 12.6. The lowest BCUT2D eigenvalue weighted by Crippen LogP contribution is -2.21. The molecule has 0 spiro atoms. The number of carbonyl (C=O) groups is 1. The van der Waals surface area contributed by atoms with Gasteiger partial charge in [-0.3, -0.25) is 9.69 Å². The number of fused-ring (bicyclic) bond motifs is 2. The summed E-state index contributed by atoms with van der Waals surface area (Å²) in [7, 11) is 1.72. The molecule has 0 unspecified atom stereocenters. The van der Waals surface area contributed by atoms with Crippen molar-refractivity contribution >= 4 is 38.2 Å². The van der Waals surface area contributed by atoms with Crippen LogP contribution in [0.5, 0.6) is 0 Å². The second kappa shape index (κ2) is 8.13. The van der Waals surface area contributed by atoms with Gasteiger partial charge in [-0.25, -0.2) is 0 Å². The molecule has 1 aliphatic heterocycles. The van der Waals surface area contributed by atoms with E-state index in [2.05, 4.69) is 83.4 Å². The molecule has 2 aromatic heterocycles. The monoisotopic (exact) mass is 431 g/mol. The van der Waals surface area contributed by atoms with Crippen molar-refractivity contribution < 1.29 is 4.79 Å². The zero-order valence-electron chi connectivity index (χ0n) is 18.4. The van der Waals surface area contributed by atoms with Gasteiger partial charge in [-0.05, 0) is 55.5 Å². The lowest BCUT2D eigenvalue weighted by Gasteiger charge is -2.16. The van der Waals surface area contributed by atoms with E-state index in [1.165, 1.54) is 32.1 Å². The molecule has 4 nitrogen and oxygen atoms in total. The SMILES string of the molecule is CNC(=O)c1sc2ccccc2c1[C@H]1CCN(Cc2cn(C(C)C)c3ccccc23)C1. The summed E-state index contributed by atoms with van der Waals surface area (Å²) in [6, 6.07) is 17.6. The largest absolute Gasteiger partial charge is 0.354 e. The molecule has 0 bridgehead atoms. The number of likely N-dealkylation sites (tertiary alicyclic amines) is 1. The number of thiophene rings is 1. The molecule has 5 rings (SSSR count). The summed E-state index contributed by atoms with van der Waals surface area (Å²) in [5, 5.41) is 5.44. The molecule has 160 valence electrons. The summed E-state index contributed by atoms with van der Waals surface area (Å²) in [6.07, 6.45) is 3.42. The standard InChI is InChI=1S/C26H29N3OS/c1-17(2)29-16-19(20-8-4-6-10-22(20)29)15-28-13-12-18(14-28)24-21-9-5-7-11-23(21)31-25(24)26(30)27-3/h4-11,16-18H,12-15H2,1-3H3,(H,27,30)/t18-/m0/s1. The zero-order valence-corrected chi connectivity index (χ0v) is 19.2. The van der Waals surface area contributed by atoms with Gasteiger partial charge in [-0.2, -0.15) is 0 Å². The topological polar surface area (TPSA) is 37.3 Å². The van der Waals surface area contributed by atoms with Crippen molar-refractivity contribution in [2.45, 2.75) is 38.8 Å². The highest BCUT2D eigenvalue weighted by molar-refractivity contribution is 7.21. The molecule has 1 saturated heterocycles. The first-order valence-corrected chi connectivity index (χ1v) is 11.9. The summed E-state index contributed by atoms with van der Waals surface area (Å²) in [4.78, 5) is 16.1. The van der Waals surface area contributed by atoms with Gasteiger partial charge in [0.2, 0.25) is 0 Å². The van der Waals surface area contributed by atoms with Crippen molar-refractivity contribution in [3.05, 3.63) is 70.7 Å². The van der Waals surface area contributed by atoms with E-state index >= 15 is 0 Å². The van der Waals surface area contributed by atoms with Gasteiger partial charge in [-0.15, -0.1) is 11.3 Å². The number of para-hydroxylation sites is 1. The second-order valence-corrected chi connectivity index (χ2v) is 9.87. The molecule has 4 aromatic rings. The number of aromatic nitrogens is 1. The fourth-order valence-corrected chi connectivity index (χ4v) is 6.27. The van der Waals surface area contributed by atoms with Gasteiger partial charge in [0.05, 0.1) is 4.88 Å². The van der Waals surface area contributed by atoms with E-state index in [0.717, 1.165) is 30.9 Å². The van der Waals surface area contributed by atoms with Crippen LogP contribution >= 0.6 is 11.3 Å². The van der Waals surface area contributed by atoms with Crippen LogP contribution in [0.25, 0.3) is 21.0 Å². The number of benzene rings is 2.